The summed E-state index contributed by atoms with van der Waals surface area (Å²) in [5.41, 5.74) is 0.461. The average Bonchev–Trinajstić information content (AvgIpc) is 3.27. The maximum absolute atomic E-state index is 12.0. The predicted molar refractivity (Wildman–Crippen MR) is 77.6 cm³/mol. The molecule has 0 unspecified atom stereocenters. The van der Waals surface area contributed by atoms with Gasteiger partial charge in [0.1, 0.15) is 5.69 Å². The Bertz CT molecular complexity index is 465. The van der Waals surface area contributed by atoms with Gasteiger partial charge in [-0.1, -0.05) is 25.7 Å². The zero-order chi connectivity index (χ0) is 13.8. The van der Waals surface area contributed by atoms with Crippen LogP contribution in [-0.4, -0.2) is 28.0 Å². The average molecular weight is 274 g/mol. The lowest BCUT2D eigenvalue weighted by Crippen LogP contribution is -2.27. The molecule has 1 amide bonds. The van der Waals surface area contributed by atoms with Gasteiger partial charge in [0.05, 0.1) is 0 Å². The number of hydrogen-bond donors (Lipinski definition) is 2. The molecule has 0 spiro atoms. The molecule has 1 aromatic rings. The van der Waals surface area contributed by atoms with Gasteiger partial charge in [0.25, 0.3) is 5.91 Å². The third kappa shape index (κ3) is 3.68. The van der Waals surface area contributed by atoms with Gasteiger partial charge in [0.2, 0.25) is 5.95 Å². The van der Waals surface area contributed by atoms with E-state index in [-0.39, 0.29) is 5.91 Å². The molecule has 0 bridgehead atoms. The normalized spacial score (nSPS) is 20.2. The summed E-state index contributed by atoms with van der Waals surface area (Å²) in [4.78, 5) is 20.5. The molecule has 2 aliphatic rings. The first kappa shape index (κ1) is 13.3. The Balaban J connectivity index is 1.62. The molecule has 20 heavy (non-hydrogen) atoms. The number of rotatable bonds is 4. The Morgan fingerprint density at radius 1 is 1.05 bits per heavy atom. The highest BCUT2D eigenvalue weighted by atomic mass is 16.2. The van der Waals surface area contributed by atoms with Gasteiger partial charge in [-0.25, -0.2) is 9.97 Å². The zero-order valence-electron chi connectivity index (χ0n) is 11.8. The van der Waals surface area contributed by atoms with Crippen molar-refractivity contribution >= 4 is 11.9 Å². The van der Waals surface area contributed by atoms with E-state index in [4.69, 9.17) is 0 Å². The van der Waals surface area contributed by atoms with Gasteiger partial charge in [0, 0.05) is 18.3 Å². The molecule has 3 rings (SSSR count). The van der Waals surface area contributed by atoms with E-state index in [0.717, 1.165) is 12.8 Å². The highest BCUT2D eigenvalue weighted by Crippen LogP contribution is 2.20. The van der Waals surface area contributed by atoms with E-state index in [1.807, 2.05) is 0 Å². The molecular weight excluding hydrogens is 252 g/mol. The van der Waals surface area contributed by atoms with Crippen LogP contribution in [-0.2, 0) is 0 Å². The maximum atomic E-state index is 12.0. The Kier molecular flexibility index (Phi) is 4.14. The SMILES string of the molecule is O=C(NC1CC1)c1ccnc(NC2CCCCCC2)n1. The number of anilines is 1. The molecule has 2 aliphatic carbocycles. The number of nitrogens with zero attached hydrogens (tertiary/aromatic N) is 2. The number of nitrogens with one attached hydrogen (secondary N) is 2. The minimum atomic E-state index is -0.0844. The van der Waals surface area contributed by atoms with E-state index >= 15 is 0 Å². The van der Waals surface area contributed by atoms with Crippen molar-refractivity contribution in [2.45, 2.75) is 63.5 Å². The fourth-order valence-corrected chi connectivity index (χ4v) is 2.65. The molecule has 1 heterocycles. The molecule has 0 radical (unpaired) electrons. The van der Waals surface area contributed by atoms with Crippen molar-refractivity contribution in [3.63, 3.8) is 0 Å². The summed E-state index contributed by atoms with van der Waals surface area (Å²) in [5, 5.41) is 6.34. The van der Waals surface area contributed by atoms with Gasteiger partial charge >= 0.3 is 0 Å². The molecule has 0 saturated heterocycles. The molecule has 5 nitrogen and oxygen atoms in total. The molecule has 2 fully saturated rings. The fraction of sp³-hybridized carbons (Fsp3) is 0.667. The van der Waals surface area contributed by atoms with Crippen LogP contribution in [0.5, 0.6) is 0 Å². The molecule has 2 N–H and O–H groups in total. The van der Waals surface area contributed by atoms with Crippen molar-refractivity contribution in [1.82, 2.24) is 15.3 Å². The lowest BCUT2D eigenvalue weighted by molar-refractivity contribution is 0.0946. The Labute approximate surface area is 119 Å². The molecule has 108 valence electrons. The second-order valence-corrected chi connectivity index (χ2v) is 5.85. The highest BCUT2D eigenvalue weighted by molar-refractivity contribution is 5.92. The second kappa shape index (κ2) is 6.20. The summed E-state index contributed by atoms with van der Waals surface area (Å²) in [5.74, 6) is 0.499. The maximum Gasteiger partial charge on any atom is 0.270 e. The van der Waals surface area contributed by atoms with Crippen molar-refractivity contribution in [2.75, 3.05) is 5.32 Å². The number of aromatic nitrogens is 2. The first-order valence-electron chi connectivity index (χ1n) is 7.72. The van der Waals surface area contributed by atoms with Gasteiger partial charge < -0.3 is 10.6 Å². The van der Waals surface area contributed by atoms with Crippen LogP contribution in [0.1, 0.15) is 61.9 Å². The summed E-state index contributed by atoms with van der Waals surface area (Å²) < 4.78 is 0. The molecule has 0 aromatic carbocycles. The molecule has 0 aliphatic heterocycles. The topological polar surface area (TPSA) is 66.9 Å². The Morgan fingerprint density at radius 3 is 2.50 bits per heavy atom. The monoisotopic (exact) mass is 274 g/mol. The molecule has 5 heteroatoms. The van der Waals surface area contributed by atoms with Crippen molar-refractivity contribution in [1.29, 1.82) is 0 Å². The highest BCUT2D eigenvalue weighted by Gasteiger charge is 2.24. The van der Waals surface area contributed by atoms with Crippen LogP contribution in [0.15, 0.2) is 12.3 Å². The van der Waals surface area contributed by atoms with Crippen LogP contribution >= 0.6 is 0 Å². The van der Waals surface area contributed by atoms with E-state index in [2.05, 4.69) is 20.6 Å². The van der Waals surface area contributed by atoms with Crippen molar-refractivity contribution in [3.05, 3.63) is 18.0 Å². The Morgan fingerprint density at radius 2 is 1.80 bits per heavy atom. The smallest absolute Gasteiger partial charge is 0.270 e. The predicted octanol–water partition coefficient (Wildman–Crippen LogP) is 2.50. The Hall–Kier alpha value is -1.65. The largest absolute Gasteiger partial charge is 0.351 e. The summed E-state index contributed by atoms with van der Waals surface area (Å²) >= 11 is 0. The first-order valence-corrected chi connectivity index (χ1v) is 7.72. The standard InChI is InChI=1S/C15H22N4O/c20-14(17-12-7-8-12)13-9-10-16-15(19-13)18-11-5-3-1-2-4-6-11/h9-12H,1-8H2,(H,17,20)(H,16,18,19). The third-order valence-electron chi connectivity index (χ3n) is 3.99. The molecule has 2 saturated carbocycles. The van der Waals surface area contributed by atoms with E-state index in [1.165, 1.54) is 38.5 Å². The number of carbonyl (C=O) groups excluding carboxylic acids is 1. The first-order chi connectivity index (χ1) is 9.81. The van der Waals surface area contributed by atoms with Crippen LogP contribution in [0, 0.1) is 0 Å². The lowest BCUT2D eigenvalue weighted by atomic mass is 10.1. The van der Waals surface area contributed by atoms with Crippen LogP contribution < -0.4 is 10.6 Å². The van der Waals surface area contributed by atoms with Gasteiger partial charge in [-0.05, 0) is 31.7 Å². The molecule has 0 atom stereocenters. The van der Waals surface area contributed by atoms with Crippen LogP contribution in [0.4, 0.5) is 5.95 Å². The summed E-state index contributed by atoms with van der Waals surface area (Å²) in [6.07, 6.45) is 11.3. The quantitative estimate of drug-likeness (QED) is 0.828. The summed E-state index contributed by atoms with van der Waals surface area (Å²) in [6.45, 7) is 0. The zero-order valence-corrected chi connectivity index (χ0v) is 11.8. The van der Waals surface area contributed by atoms with E-state index < -0.39 is 0 Å². The van der Waals surface area contributed by atoms with Crippen LogP contribution in [0.3, 0.4) is 0 Å². The molecular formula is C15H22N4O. The minimum Gasteiger partial charge on any atom is -0.351 e. The van der Waals surface area contributed by atoms with E-state index in [1.54, 1.807) is 12.3 Å². The van der Waals surface area contributed by atoms with Gasteiger partial charge in [-0.3, -0.25) is 4.79 Å². The third-order valence-corrected chi connectivity index (χ3v) is 3.99. The second-order valence-electron chi connectivity index (χ2n) is 5.85. The number of carbonyl (C=O) groups is 1. The van der Waals surface area contributed by atoms with Crippen LogP contribution in [0.2, 0.25) is 0 Å². The number of amides is 1. The summed E-state index contributed by atoms with van der Waals surface area (Å²) in [6, 6.07) is 2.48. The van der Waals surface area contributed by atoms with Gasteiger partial charge in [-0.2, -0.15) is 0 Å². The van der Waals surface area contributed by atoms with Crippen LogP contribution in [0.25, 0.3) is 0 Å². The summed E-state index contributed by atoms with van der Waals surface area (Å²) in [7, 11) is 0. The van der Waals surface area contributed by atoms with Gasteiger partial charge in [-0.15, -0.1) is 0 Å². The van der Waals surface area contributed by atoms with Gasteiger partial charge in [0.15, 0.2) is 0 Å². The van der Waals surface area contributed by atoms with Crippen molar-refractivity contribution in [2.24, 2.45) is 0 Å². The van der Waals surface area contributed by atoms with E-state index in [0.29, 0.717) is 23.7 Å². The number of hydrogen-bond acceptors (Lipinski definition) is 4. The molecule has 1 aromatic heterocycles. The van der Waals surface area contributed by atoms with Crippen molar-refractivity contribution in [3.8, 4) is 0 Å². The fourth-order valence-electron chi connectivity index (χ4n) is 2.65. The lowest BCUT2D eigenvalue weighted by Gasteiger charge is -2.16. The minimum absolute atomic E-state index is 0.0844. The van der Waals surface area contributed by atoms with E-state index in [9.17, 15) is 4.79 Å². The van der Waals surface area contributed by atoms with Crippen molar-refractivity contribution < 1.29 is 4.79 Å².